The molecule has 1 aliphatic rings. The molecule has 0 spiro atoms. The topological polar surface area (TPSA) is 55.1 Å². The van der Waals surface area contributed by atoms with Crippen molar-refractivity contribution < 1.29 is 4.79 Å². The summed E-state index contributed by atoms with van der Waals surface area (Å²) in [6.07, 6.45) is 4.05. The second-order valence-electron chi connectivity index (χ2n) is 5.44. The molecule has 2 rings (SSSR count). The molecular formula is C15H21BrN2O. The Labute approximate surface area is 123 Å². The summed E-state index contributed by atoms with van der Waals surface area (Å²) in [5, 5.41) is 3.12. The van der Waals surface area contributed by atoms with Crippen LogP contribution in [0.25, 0.3) is 0 Å². The first kappa shape index (κ1) is 14.5. The van der Waals surface area contributed by atoms with E-state index in [1.165, 1.54) is 0 Å². The van der Waals surface area contributed by atoms with E-state index >= 15 is 0 Å². The van der Waals surface area contributed by atoms with Gasteiger partial charge in [-0.15, -0.1) is 0 Å². The molecule has 0 saturated heterocycles. The van der Waals surface area contributed by atoms with Crippen LogP contribution in [0.4, 0.5) is 0 Å². The zero-order chi connectivity index (χ0) is 13.9. The van der Waals surface area contributed by atoms with Gasteiger partial charge in [0.2, 0.25) is 5.91 Å². The van der Waals surface area contributed by atoms with Crippen LogP contribution in [-0.2, 0) is 4.79 Å². The molecule has 1 aromatic rings. The molecule has 1 saturated carbocycles. The minimum atomic E-state index is -0.330. The van der Waals surface area contributed by atoms with Crippen molar-refractivity contribution in [1.29, 1.82) is 0 Å². The number of halogens is 1. The zero-order valence-corrected chi connectivity index (χ0v) is 12.9. The smallest absolute Gasteiger partial charge is 0.227 e. The summed E-state index contributed by atoms with van der Waals surface area (Å²) in [7, 11) is 0. The Hall–Kier alpha value is -0.870. The van der Waals surface area contributed by atoms with Crippen molar-refractivity contribution in [3.8, 4) is 0 Å². The van der Waals surface area contributed by atoms with Crippen LogP contribution < -0.4 is 11.1 Å². The lowest BCUT2D eigenvalue weighted by atomic mass is 9.85. The largest absolute Gasteiger partial charge is 0.349 e. The van der Waals surface area contributed by atoms with Gasteiger partial charge in [-0.25, -0.2) is 0 Å². The third-order valence-corrected chi connectivity index (χ3v) is 4.68. The van der Waals surface area contributed by atoms with Gasteiger partial charge in [0.05, 0.1) is 11.5 Å². The van der Waals surface area contributed by atoms with Crippen LogP contribution >= 0.6 is 15.9 Å². The summed E-state index contributed by atoms with van der Waals surface area (Å²) in [5.74, 6) is 0.114. The highest BCUT2D eigenvalue weighted by Crippen LogP contribution is 2.37. The molecule has 0 aromatic heterocycles. The fraction of sp³-hybridized carbons (Fsp3) is 0.533. The van der Waals surface area contributed by atoms with Crippen molar-refractivity contribution in [3.63, 3.8) is 0 Å². The number of rotatable bonds is 4. The highest BCUT2D eigenvalue weighted by molar-refractivity contribution is 9.10. The molecule has 1 atom stereocenters. The third-order valence-electron chi connectivity index (χ3n) is 4.15. The molecule has 1 amide bonds. The van der Waals surface area contributed by atoms with Gasteiger partial charge in [0.25, 0.3) is 0 Å². The normalized spacial score (nSPS) is 19.1. The van der Waals surface area contributed by atoms with E-state index in [2.05, 4.69) is 21.2 Å². The van der Waals surface area contributed by atoms with Gasteiger partial charge in [-0.05, 0) is 37.5 Å². The fourth-order valence-corrected chi connectivity index (χ4v) is 3.02. The quantitative estimate of drug-likeness (QED) is 0.893. The molecule has 1 fully saturated rings. The standard InChI is InChI=1S/C15H21BrN2O/c1-11(12-4-6-13(16)7-5-12)18-14(19)15(10-17)8-2-3-9-15/h4-7,11H,2-3,8-10,17H2,1H3,(H,18,19). The SMILES string of the molecule is CC(NC(=O)C1(CN)CCCC1)c1ccc(Br)cc1. The van der Waals surface area contributed by atoms with Crippen molar-refractivity contribution in [2.45, 2.75) is 38.6 Å². The Kier molecular flexibility index (Phi) is 4.63. The first-order valence-corrected chi connectivity index (χ1v) is 7.63. The van der Waals surface area contributed by atoms with Gasteiger partial charge in [0.15, 0.2) is 0 Å². The Morgan fingerprint density at radius 3 is 2.47 bits per heavy atom. The lowest BCUT2D eigenvalue weighted by Crippen LogP contribution is -2.44. The lowest BCUT2D eigenvalue weighted by Gasteiger charge is -2.28. The Morgan fingerprint density at radius 1 is 1.37 bits per heavy atom. The molecule has 104 valence electrons. The van der Waals surface area contributed by atoms with Gasteiger partial charge in [-0.1, -0.05) is 40.9 Å². The van der Waals surface area contributed by atoms with E-state index in [1.807, 2.05) is 31.2 Å². The molecule has 0 aliphatic heterocycles. The number of carbonyl (C=O) groups is 1. The van der Waals surface area contributed by atoms with Gasteiger partial charge >= 0.3 is 0 Å². The number of nitrogens with one attached hydrogen (secondary N) is 1. The first-order valence-electron chi connectivity index (χ1n) is 6.84. The van der Waals surface area contributed by atoms with Gasteiger partial charge in [-0.2, -0.15) is 0 Å². The fourth-order valence-electron chi connectivity index (χ4n) is 2.76. The van der Waals surface area contributed by atoms with E-state index in [4.69, 9.17) is 5.73 Å². The summed E-state index contributed by atoms with van der Waals surface area (Å²) in [6, 6.07) is 8.06. The predicted octanol–water partition coefficient (Wildman–Crippen LogP) is 3.15. The van der Waals surface area contributed by atoms with E-state index < -0.39 is 0 Å². The minimum absolute atomic E-state index is 0.0182. The average molecular weight is 325 g/mol. The van der Waals surface area contributed by atoms with E-state index in [1.54, 1.807) is 0 Å². The van der Waals surface area contributed by atoms with Crippen molar-refractivity contribution >= 4 is 21.8 Å². The molecule has 19 heavy (non-hydrogen) atoms. The maximum Gasteiger partial charge on any atom is 0.227 e. The molecule has 1 unspecified atom stereocenters. The van der Waals surface area contributed by atoms with Crippen molar-refractivity contribution in [2.75, 3.05) is 6.54 Å². The zero-order valence-electron chi connectivity index (χ0n) is 11.3. The van der Waals surface area contributed by atoms with Crippen LogP contribution in [0.1, 0.15) is 44.2 Å². The third kappa shape index (κ3) is 3.18. The summed E-state index contributed by atoms with van der Waals surface area (Å²) in [4.78, 5) is 12.4. The minimum Gasteiger partial charge on any atom is -0.349 e. The maximum absolute atomic E-state index is 12.4. The average Bonchev–Trinajstić information content (AvgIpc) is 2.89. The Bertz CT molecular complexity index is 438. The highest BCUT2D eigenvalue weighted by Gasteiger charge is 2.40. The van der Waals surface area contributed by atoms with E-state index in [9.17, 15) is 4.79 Å². The van der Waals surface area contributed by atoms with Crippen LogP contribution in [0.5, 0.6) is 0 Å². The Morgan fingerprint density at radius 2 is 1.95 bits per heavy atom. The van der Waals surface area contributed by atoms with Gasteiger partial charge in [-0.3, -0.25) is 4.79 Å². The molecule has 1 aliphatic carbocycles. The number of carbonyl (C=O) groups excluding carboxylic acids is 1. The second kappa shape index (κ2) is 6.06. The maximum atomic E-state index is 12.4. The molecule has 0 bridgehead atoms. The van der Waals surface area contributed by atoms with Crippen LogP contribution in [0.2, 0.25) is 0 Å². The molecular weight excluding hydrogens is 304 g/mol. The second-order valence-corrected chi connectivity index (χ2v) is 6.35. The lowest BCUT2D eigenvalue weighted by molar-refractivity contribution is -0.131. The molecule has 3 N–H and O–H groups in total. The summed E-state index contributed by atoms with van der Waals surface area (Å²) in [6.45, 7) is 2.46. The Balaban J connectivity index is 2.04. The van der Waals surface area contributed by atoms with Crippen LogP contribution in [-0.4, -0.2) is 12.5 Å². The number of hydrogen-bond acceptors (Lipinski definition) is 2. The van der Waals surface area contributed by atoms with E-state index in [0.717, 1.165) is 35.7 Å². The van der Waals surface area contributed by atoms with Gasteiger partial charge in [0.1, 0.15) is 0 Å². The number of benzene rings is 1. The number of hydrogen-bond donors (Lipinski definition) is 2. The van der Waals surface area contributed by atoms with Crippen molar-refractivity contribution in [3.05, 3.63) is 34.3 Å². The van der Waals surface area contributed by atoms with E-state index in [-0.39, 0.29) is 17.4 Å². The monoisotopic (exact) mass is 324 g/mol. The summed E-state index contributed by atoms with van der Waals surface area (Å²) < 4.78 is 1.05. The molecule has 3 nitrogen and oxygen atoms in total. The van der Waals surface area contributed by atoms with Crippen molar-refractivity contribution in [2.24, 2.45) is 11.1 Å². The van der Waals surface area contributed by atoms with Crippen LogP contribution in [0.15, 0.2) is 28.7 Å². The van der Waals surface area contributed by atoms with Crippen LogP contribution in [0.3, 0.4) is 0 Å². The summed E-state index contributed by atoms with van der Waals surface area (Å²) in [5.41, 5.74) is 6.62. The molecule has 1 aromatic carbocycles. The van der Waals surface area contributed by atoms with Gasteiger partial charge < -0.3 is 11.1 Å². The number of nitrogens with two attached hydrogens (primary N) is 1. The molecule has 4 heteroatoms. The van der Waals surface area contributed by atoms with Crippen LogP contribution in [0, 0.1) is 5.41 Å². The predicted molar refractivity (Wildman–Crippen MR) is 80.7 cm³/mol. The van der Waals surface area contributed by atoms with Crippen molar-refractivity contribution in [1.82, 2.24) is 5.32 Å². The number of amides is 1. The van der Waals surface area contributed by atoms with E-state index in [0.29, 0.717) is 6.54 Å². The molecule has 0 radical (unpaired) electrons. The highest BCUT2D eigenvalue weighted by atomic mass is 79.9. The summed E-state index contributed by atoms with van der Waals surface area (Å²) >= 11 is 3.42. The molecule has 0 heterocycles. The first-order chi connectivity index (χ1) is 9.07. The van der Waals surface area contributed by atoms with Gasteiger partial charge in [0, 0.05) is 11.0 Å².